The van der Waals surface area contributed by atoms with Crippen molar-refractivity contribution in [3.05, 3.63) is 35.5 Å². The molecule has 0 spiro atoms. The van der Waals surface area contributed by atoms with Gasteiger partial charge < -0.3 is 15.0 Å². The molecule has 4 rings (SSSR count). The van der Waals surface area contributed by atoms with Gasteiger partial charge in [0, 0.05) is 25.0 Å². The maximum Gasteiger partial charge on any atom is 0.246 e. The van der Waals surface area contributed by atoms with Gasteiger partial charge in [-0.1, -0.05) is 29.8 Å². The number of pyridine rings is 1. The summed E-state index contributed by atoms with van der Waals surface area (Å²) in [5, 5.41) is 3.77. The predicted octanol–water partition coefficient (Wildman–Crippen LogP) is 3.53. The van der Waals surface area contributed by atoms with Crippen LogP contribution in [0.1, 0.15) is 19.3 Å². The second-order valence-electron chi connectivity index (χ2n) is 7.23. The number of nitrogens with zero attached hydrogens (tertiary/aromatic N) is 3. The van der Waals surface area contributed by atoms with Crippen molar-refractivity contribution in [2.24, 2.45) is 0 Å². The Labute approximate surface area is 195 Å². The molecule has 0 aliphatic carbocycles. The predicted molar refractivity (Wildman–Crippen MR) is 124 cm³/mol. The molecule has 1 amide bonds. The maximum atomic E-state index is 13.1. The molecule has 1 fully saturated rings. The van der Waals surface area contributed by atoms with E-state index >= 15 is 0 Å². The fourth-order valence-electron chi connectivity index (χ4n) is 3.45. The lowest BCUT2D eigenvalue weighted by atomic mass is 10.2. The topological polar surface area (TPSA) is 117 Å². The van der Waals surface area contributed by atoms with Gasteiger partial charge in [-0.3, -0.25) is 4.79 Å². The number of hydrogen-bond acceptors (Lipinski definition) is 7. The van der Waals surface area contributed by atoms with Crippen LogP contribution >= 0.6 is 23.4 Å². The number of thioether (sulfide) groups is 1. The molecule has 9 nitrogen and oxygen atoms in total. The zero-order chi connectivity index (χ0) is 22.7. The van der Waals surface area contributed by atoms with Gasteiger partial charge in [-0.2, -0.15) is 4.31 Å². The minimum Gasteiger partial charge on any atom is -0.495 e. The van der Waals surface area contributed by atoms with Gasteiger partial charge in [-0.25, -0.2) is 18.4 Å². The van der Waals surface area contributed by atoms with E-state index in [4.69, 9.17) is 16.3 Å². The first-order chi connectivity index (χ1) is 15.4. The molecule has 0 unspecified atom stereocenters. The summed E-state index contributed by atoms with van der Waals surface area (Å²) in [5.74, 6) is 0.0256. The molecule has 1 saturated heterocycles. The van der Waals surface area contributed by atoms with Crippen LogP contribution in [0, 0.1) is 0 Å². The fraction of sp³-hybridized carbons (Fsp3) is 0.350. The van der Waals surface area contributed by atoms with E-state index in [0.717, 1.165) is 19.3 Å². The number of hydrogen-bond donors (Lipinski definition) is 2. The third kappa shape index (κ3) is 5.01. The number of amides is 1. The zero-order valence-electron chi connectivity index (χ0n) is 17.3. The number of rotatable bonds is 7. The number of sulfonamides is 1. The monoisotopic (exact) mass is 495 g/mol. The zero-order valence-corrected chi connectivity index (χ0v) is 19.7. The molecule has 32 heavy (non-hydrogen) atoms. The van der Waals surface area contributed by atoms with Crippen molar-refractivity contribution in [3.8, 4) is 5.75 Å². The minimum atomic E-state index is -3.72. The van der Waals surface area contributed by atoms with Crippen molar-refractivity contribution in [3.63, 3.8) is 0 Å². The summed E-state index contributed by atoms with van der Waals surface area (Å²) >= 11 is 7.13. The molecule has 2 N–H and O–H groups in total. The van der Waals surface area contributed by atoms with Crippen molar-refractivity contribution < 1.29 is 17.9 Å². The van der Waals surface area contributed by atoms with Gasteiger partial charge in [0.2, 0.25) is 15.9 Å². The molecule has 1 aliphatic heterocycles. The molecule has 0 radical (unpaired) electrons. The lowest BCUT2D eigenvalue weighted by Gasteiger charge is -2.26. The van der Waals surface area contributed by atoms with Gasteiger partial charge >= 0.3 is 0 Å². The first-order valence-corrected chi connectivity index (χ1v) is 12.8. The van der Waals surface area contributed by atoms with E-state index in [1.165, 1.54) is 35.4 Å². The van der Waals surface area contributed by atoms with Crippen LogP contribution in [-0.4, -0.2) is 59.5 Å². The number of nitrogens with one attached hydrogen (secondary N) is 2. The van der Waals surface area contributed by atoms with Crippen molar-refractivity contribution >= 4 is 56.1 Å². The smallest absolute Gasteiger partial charge is 0.246 e. The van der Waals surface area contributed by atoms with E-state index in [-0.39, 0.29) is 22.3 Å². The van der Waals surface area contributed by atoms with E-state index in [9.17, 15) is 13.2 Å². The highest BCUT2D eigenvalue weighted by Gasteiger charge is 2.29. The highest BCUT2D eigenvalue weighted by Crippen LogP contribution is 2.31. The van der Waals surface area contributed by atoms with Crippen LogP contribution in [0.25, 0.3) is 11.2 Å². The molecule has 0 bridgehead atoms. The molecule has 3 aromatic rings. The summed E-state index contributed by atoms with van der Waals surface area (Å²) in [7, 11) is -2.29. The number of ether oxygens (including phenoxy) is 1. The standard InChI is InChI=1S/C20H22ClN5O4S2/c1-30-16-6-5-14(10-17(16)32(28,29)26-7-3-2-4-8-26)23-18(27)12-31-20-24-15-9-13(21)11-22-19(15)25-20/h5-6,9-11H,2-4,7-8,12H2,1H3,(H,23,27)(H,22,24,25). The van der Waals surface area contributed by atoms with Gasteiger partial charge in [0.05, 0.1) is 23.4 Å². The molecule has 2 aromatic heterocycles. The lowest BCUT2D eigenvalue weighted by molar-refractivity contribution is -0.113. The number of H-pyrrole nitrogens is 1. The molecule has 170 valence electrons. The Balaban J connectivity index is 1.46. The summed E-state index contributed by atoms with van der Waals surface area (Å²) < 4.78 is 33.0. The van der Waals surface area contributed by atoms with Gasteiger partial charge in [-0.15, -0.1) is 0 Å². The van der Waals surface area contributed by atoms with Crippen molar-refractivity contribution in [1.82, 2.24) is 19.3 Å². The highest BCUT2D eigenvalue weighted by atomic mass is 35.5. The van der Waals surface area contributed by atoms with Crippen LogP contribution < -0.4 is 10.1 Å². The molecule has 0 atom stereocenters. The van der Waals surface area contributed by atoms with Crippen molar-refractivity contribution in [2.45, 2.75) is 29.3 Å². The van der Waals surface area contributed by atoms with Gasteiger partial charge in [0.15, 0.2) is 10.8 Å². The third-order valence-electron chi connectivity index (χ3n) is 5.00. The average Bonchev–Trinajstić information content (AvgIpc) is 3.20. The molecule has 1 aliphatic rings. The number of piperidine rings is 1. The van der Waals surface area contributed by atoms with E-state index in [1.807, 2.05) is 0 Å². The Morgan fingerprint density at radius 2 is 2.06 bits per heavy atom. The molecular weight excluding hydrogens is 474 g/mol. The number of carbonyl (C=O) groups is 1. The second-order valence-corrected chi connectivity index (χ2v) is 10.5. The van der Waals surface area contributed by atoms with Crippen LogP contribution in [0.2, 0.25) is 5.02 Å². The summed E-state index contributed by atoms with van der Waals surface area (Å²) in [5.41, 5.74) is 1.58. The van der Waals surface area contributed by atoms with E-state index in [0.29, 0.717) is 40.1 Å². The number of benzene rings is 1. The Morgan fingerprint density at radius 3 is 2.81 bits per heavy atom. The average molecular weight is 496 g/mol. The maximum absolute atomic E-state index is 13.1. The molecular formula is C20H22ClN5O4S2. The summed E-state index contributed by atoms with van der Waals surface area (Å²) in [6.07, 6.45) is 4.19. The van der Waals surface area contributed by atoms with E-state index in [1.54, 1.807) is 18.2 Å². The number of aromatic nitrogens is 3. The number of methoxy groups -OCH3 is 1. The summed E-state index contributed by atoms with van der Waals surface area (Å²) in [4.78, 5) is 24.0. The third-order valence-corrected chi connectivity index (χ3v) is 8.00. The first-order valence-electron chi connectivity index (χ1n) is 9.99. The molecule has 0 saturated carbocycles. The Morgan fingerprint density at radius 1 is 1.28 bits per heavy atom. The molecule has 12 heteroatoms. The summed E-state index contributed by atoms with van der Waals surface area (Å²) in [6.45, 7) is 0.965. The van der Waals surface area contributed by atoms with Gasteiger partial charge in [0.25, 0.3) is 0 Å². The van der Waals surface area contributed by atoms with Crippen LogP contribution in [0.15, 0.2) is 40.5 Å². The number of halogens is 1. The number of imidazole rings is 1. The Hall–Kier alpha value is -2.34. The van der Waals surface area contributed by atoms with Gasteiger partial charge in [0.1, 0.15) is 10.6 Å². The Bertz CT molecular complexity index is 1240. The van der Waals surface area contributed by atoms with Crippen LogP contribution in [0.3, 0.4) is 0 Å². The van der Waals surface area contributed by atoms with Crippen LogP contribution in [-0.2, 0) is 14.8 Å². The van der Waals surface area contributed by atoms with Crippen molar-refractivity contribution in [1.29, 1.82) is 0 Å². The van der Waals surface area contributed by atoms with E-state index in [2.05, 4.69) is 20.3 Å². The molecule has 3 heterocycles. The fourth-order valence-corrected chi connectivity index (χ4v) is 5.98. The summed E-state index contributed by atoms with van der Waals surface area (Å²) in [6, 6.07) is 6.32. The number of fused-ring (bicyclic) bond motifs is 1. The number of anilines is 1. The second kappa shape index (κ2) is 9.65. The largest absolute Gasteiger partial charge is 0.495 e. The van der Waals surface area contributed by atoms with Crippen LogP contribution in [0.4, 0.5) is 5.69 Å². The SMILES string of the molecule is COc1ccc(NC(=O)CSc2nc3ncc(Cl)cc3[nH]2)cc1S(=O)(=O)N1CCCCC1. The quantitative estimate of drug-likeness (QED) is 0.481. The first kappa shape index (κ1) is 22.8. The number of carbonyl (C=O) groups excluding carboxylic acids is 1. The lowest BCUT2D eigenvalue weighted by Crippen LogP contribution is -2.35. The minimum absolute atomic E-state index is 0.0487. The Kier molecular flexibility index (Phi) is 6.89. The normalized spacial score (nSPS) is 15.1. The number of aromatic amines is 1. The molecule has 1 aromatic carbocycles. The van der Waals surface area contributed by atoms with Crippen molar-refractivity contribution in [2.75, 3.05) is 31.3 Å². The highest BCUT2D eigenvalue weighted by molar-refractivity contribution is 7.99. The van der Waals surface area contributed by atoms with E-state index < -0.39 is 10.0 Å². The van der Waals surface area contributed by atoms with Crippen LogP contribution in [0.5, 0.6) is 5.75 Å². The van der Waals surface area contributed by atoms with Gasteiger partial charge in [-0.05, 0) is 37.1 Å².